The first-order chi connectivity index (χ1) is 14.0. The molecule has 1 aliphatic heterocycles. The molecule has 29 heavy (non-hydrogen) atoms. The molecular weight excluding hydrogens is 370 g/mol. The van der Waals surface area contributed by atoms with Crippen molar-refractivity contribution in [1.29, 1.82) is 5.26 Å². The van der Waals surface area contributed by atoms with Crippen LogP contribution in [-0.2, 0) is 14.1 Å². The lowest BCUT2D eigenvalue weighted by atomic mass is 9.99. The number of likely N-dealkylation sites (tertiary alicyclic amines) is 1. The monoisotopic (exact) mass is 395 g/mol. The van der Waals surface area contributed by atoms with Gasteiger partial charge in [-0.3, -0.25) is 18.8 Å². The first kappa shape index (κ1) is 19.3. The zero-order chi connectivity index (χ0) is 20.7. The van der Waals surface area contributed by atoms with Gasteiger partial charge in [0.15, 0.2) is 5.56 Å². The SMILES string of the molecule is COc1cccc(C2C(Nc3c(C#N)c(=O)n(C)c(=O)n3C)CCN2C2CC2)c1. The van der Waals surface area contributed by atoms with Gasteiger partial charge in [0.25, 0.3) is 5.56 Å². The maximum absolute atomic E-state index is 12.4. The van der Waals surface area contributed by atoms with Crippen LogP contribution >= 0.6 is 0 Å². The Kier molecular flexibility index (Phi) is 4.92. The van der Waals surface area contributed by atoms with E-state index in [4.69, 9.17) is 4.74 Å². The molecule has 0 bridgehead atoms. The Morgan fingerprint density at radius 3 is 2.59 bits per heavy atom. The second-order valence-corrected chi connectivity index (χ2v) is 7.77. The standard InChI is InChI=1S/C21H25N5O3/c1-24-19(16(12-22)20(27)25(2)21(24)28)23-17-9-10-26(14-7-8-14)18(17)13-5-4-6-15(11-13)29-3/h4-6,11,14,17-18,23H,7-10H2,1-3H3. The summed E-state index contributed by atoms with van der Waals surface area (Å²) in [5, 5.41) is 12.9. The maximum atomic E-state index is 12.4. The van der Waals surface area contributed by atoms with E-state index in [1.807, 2.05) is 24.3 Å². The first-order valence-electron chi connectivity index (χ1n) is 9.82. The number of rotatable bonds is 5. The smallest absolute Gasteiger partial charge is 0.332 e. The van der Waals surface area contributed by atoms with Gasteiger partial charge in [-0.1, -0.05) is 12.1 Å². The number of hydrogen-bond donors (Lipinski definition) is 1. The average Bonchev–Trinajstić information content (AvgIpc) is 3.50. The molecule has 4 rings (SSSR count). The summed E-state index contributed by atoms with van der Waals surface area (Å²) >= 11 is 0. The molecule has 1 aliphatic carbocycles. The summed E-state index contributed by atoms with van der Waals surface area (Å²) in [4.78, 5) is 27.3. The Morgan fingerprint density at radius 2 is 1.93 bits per heavy atom. The van der Waals surface area contributed by atoms with Crippen molar-refractivity contribution in [1.82, 2.24) is 14.0 Å². The highest BCUT2D eigenvalue weighted by Gasteiger charge is 2.43. The van der Waals surface area contributed by atoms with E-state index in [0.717, 1.165) is 28.8 Å². The minimum Gasteiger partial charge on any atom is -0.497 e. The lowest BCUT2D eigenvalue weighted by Crippen LogP contribution is -2.41. The molecule has 1 aromatic heterocycles. The Bertz CT molecular complexity index is 1090. The number of hydrogen-bond acceptors (Lipinski definition) is 6. The molecule has 0 amide bonds. The fraction of sp³-hybridized carbons (Fsp3) is 0.476. The van der Waals surface area contributed by atoms with Crippen molar-refractivity contribution in [2.75, 3.05) is 19.0 Å². The second-order valence-electron chi connectivity index (χ2n) is 7.77. The van der Waals surface area contributed by atoms with Crippen LogP contribution in [0.1, 0.15) is 36.4 Å². The van der Waals surface area contributed by atoms with E-state index in [1.54, 1.807) is 14.2 Å². The highest BCUT2D eigenvalue weighted by atomic mass is 16.5. The number of benzene rings is 1. The molecule has 8 heteroatoms. The van der Waals surface area contributed by atoms with Crippen molar-refractivity contribution >= 4 is 5.82 Å². The van der Waals surface area contributed by atoms with Crippen molar-refractivity contribution in [2.24, 2.45) is 14.1 Å². The molecule has 1 aromatic carbocycles. The molecule has 152 valence electrons. The third-order valence-corrected chi connectivity index (χ3v) is 5.99. The number of methoxy groups -OCH3 is 1. The summed E-state index contributed by atoms with van der Waals surface area (Å²) in [6.07, 6.45) is 3.22. The lowest BCUT2D eigenvalue weighted by Gasteiger charge is -2.30. The van der Waals surface area contributed by atoms with E-state index in [2.05, 4.69) is 16.3 Å². The predicted molar refractivity (Wildman–Crippen MR) is 109 cm³/mol. The van der Waals surface area contributed by atoms with E-state index in [-0.39, 0.29) is 23.5 Å². The van der Waals surface area contributed by atoms with Crippen molar-refractivity contribution in [2.45, 2.75) is 37.4 Å². The van der Waals surface area contributed by atoms with E-state index in [1.165, 1.54) is 24.5 Å². The van der Waals surface area contributed by atoms with Crippen molar-refractivity contribution in [3.8, 4) is 11.8 Å². The molecule has 2 heterocycles. The van der Waals surface area contributed by atoms with Gasteiger partial charge in [-0.25, -0.2) is 4.79 Å². The summed E-state index contributed by atoms with van der Waals surface area (Å²) < 4.78 is 7.72. The van der Waals surface area contributed by atoms with Crippen LogP contribution in [0.5, 0.6) is 5.75 Å². The molecule has 2 aromatic rings. The third kappa shape index (κ3) is 3.32. The average molecular weight is 395 g/mol. The summed E-state index contributed by atoms with van der Waals surface area (Å²) in [7, 11) is 4.62. The van der Waals surface area contributed by atoms with Crippen molar-refractivity contribution in [3.63, 3.8) is 0 Å². The molecule has 2 atom stereocenters. The molecule has 1 N–H and O–H groups in total. The van der Waals surface area contributed by atoms with Gasteiger partial charge in [0.1, 0.15) is 17.6 Å². The topological polar surface area (TPSA) is 92.3 Å². The van der Waals surface area contributed by atoms with Crippen molar-refractivity contribution in [3.05, 3.63) is 56.2 Å². The number of anilines is 1. The number of nitrogens with zero attached hydrogens (tertiary/aromatic N) is 4. The molecule has 0 spiro atoms. The minimum absolute atomic E-state index is 0.0347. The van der Waals surface area contributed by atoms with E-state index >= 15 is 0 Å². The number of aromatic nitrogens is 2. The summed E-state index contributed by atoms with van der Waals surface area (Å²) in [5.41, 5.74) is 0.0574. The molecule has 1 saturated carbocycles. The number of nitrogens with one attached hydrogen (secondary N) is 1. The van der Waals surface area contributed by atoms with E-state index in [9.17, 15) is 14.9 Å². The quantitative estimate of drug-likeness (QED) is 0.822. The molecular formula is C21H25N5O3. The zero-order valence-corrected chi connectivity index (χ0v) is 16.9. The van der Waals surface area contributed by atoms with Gasteiger partial charge in [-0.2, -0.15) is 5.26 Å². The summed E-state index contributed by atoms with van der Waals surface area (Å²) in [5.74, 6) is 1.08. The molecule has 0 radical (unpaired) electrons. The Morgan fingerprint density at radius 1 is 1.17 bits per heavy atom. The Labute approximate surface area is 168 Å². The highest BCUT2D eigenvalue weighted by molar-refractivity contribution is 5.52. The van der Waals surface area contributed by atoms with Crippen molar-refractivity contribution < 1.29 is 4.74 Å². The van der Waals surface area contributed by atoms with Gasteiger partial charge >= 0.3 is 5.69 Å². The van der Waals surface area contributed by atoms with Crippen LogP contribution in [0, 0.1) is 11.3 Å². The van der Waals surface area contributed by atoms with Gasteiger partial charge < -0.3 is 10.1 Å². The number of ether oxygens (including phenoxy) is 1. The zero-order valence-electron chi connectivity index (χ0n) is 16.9. The number of nitriles is 1. The Balaban J connectivity index is 1.76. The molecule has 2 unspecified atom stereocenters. The van der Waals surface area contributed by atoms with Gasteiger partial charge in [0.2, 0.25) is 0 Å². The highest BCUT2D eigenvalue weighted by Crippen LogP contribution is 2.42. The van der Waals surface area contributed by atoms with Gasteiger partial charge in [-0.05, 0) is 37.0 Å². The molecule has 2 aliphatic rings. The van der Waals surface area contributed by atoms with Crippen LogP contribution in [0.3, 0.4) is 0 Å². The fourth-order valence-electron chi connectivity index (χ4n) is 4.32. The van der Waals surface area contributed by atoms with Crippen LogP contribution in [0.15, 0.2) is 33.9 Å². The normalized spacial score (nSPS) is 21.7. The second kappa shape index (κ2) is 7.41. The van der Waals surface area contributed by atoms with Crippen LogP contribution in [-0.4, -0.2) is 39.8 Å². The van der Waals surface area contributed by atoms with Crippen LogP contribution in [0.25, 0.3) is 0 Å². The maximum Gasteiger partial charge on any atom is 0.332 e. The molecule has 8 nitrogen and oxygen atoms in total. The fourth-order valence-corrected chi connectivity index (χ4v) is 4.32. The van der Waals surface area contributed by atoms with Gasteiger partial charge in [-0.15, -0.1) is 0 Å². The van der Waals surface area contributed by atoms with E-state index < -0.39 is 11.2 Å². The predicted octanol–water partition coefficient (Wildman–Crippen LogP) is 1.35. The van der Waals surface area contributed by atoms with Gasteiger partial charge in [0, 0.05) is 32.7 Å². The first-order valence-corrected chi connectivity index (χ1v) is 9.82. The molecule has 2 fully saturated rings. The van der Waals surface area contributed by atoms with Crippen LogP contribution in [0.4, 0.5) is 5.82 Å². The Hall–Kier alpha value is -3.05. The molecule has 1 saturated heterocycles. The largest absolute Gasteiger partial charge is 0.497 e. The van der Waals surface area contributed by atoms with E-state index in [0.29, 0.717) is 6.04 Å². The third-order valence-electron chi connectivity index (χ3n) is 5.99. The summed E-state index contributed by atoms with van der Waals surface area (Å²) in [6.45, 7) is 0.922. The minimum atomic E-state index is -0.576. The van der Waals surface area contributed by atoms with Crippen LogP contribution < -0.4 is 21.3 Å². The lowest BCUT2D eigenvalue weighted by molar-refractivity contribution is 0.240. The van der Waals surface area contributed by atoms with Gasteiger partial charge in [0.05, 0.1) is 13.2 Å². The summed E-state index contributed by atoms with van der Waals surface area (Å²) in [6, 6.07) is 10.6. The van der Waals surface area contributed by atoms with Crippen LogP contribution in [0.2, 0.25) is 0 Å².